The first-order valence-electron chi connectivity index (χ1n) is 26.9. The molecule has 0 saturated carbocycles. The van der Waals surface area contributed by atoms with Gasteiger partial charge in [-0.05, 0) is 68.7 Å². The van der Waals surface area contributed by atoms with E-state index in [0.29, 0.717) is 17.7 Å². The van der Waals surface area contributed by atoms with Gasteiger partial charge in [0.15, 0.2) is 12.1 Å². The molecule has 79 heavy (non-hydrogen) atoms. The number of aliphatic carboxylic acids is 1. The van der Waals surface area contributed by atoms with E-state index in [1.54, 1.807) is 98.0 Å². The highest BCUT2D eigenvalue weighted by Gasteiger charge is 2.43. The zero-order valence-electron chi connectivity index (χ0n) is 45.5. The second-order valence-electron chi connectivity index (χ2n) is 20.9. The number of hydrogen-bond donors (Lipinski definition) is 11. The predicted molar refractivity (Wildman–Crippen MR) is 293 cm³/mol. The third-order valence-corrected chi connectivity index (χ3v) is 13.8. The van der Waals surface area contributed by atoms with Gasteiger partial charge in [0.05, 0.1) is 61.0 Å². The fourth-order valence-corrected chi connectivity index (χ4v) is 9.37. The van der Waals surface area contributed by atoms with Crippen molar-refractivity contribution in [1.29, 1.82) is 0 Å². The summed E-state index contributed by atoms with van der Waals surface area (Å²) in [7, 11) is 0. The molecule has 17 atom stereocenters. The molecule has 1 aromatic rings. The lowest BCUT2D eigenvalue weighted by atomic mass is 9.83. The molecule has 1 aromatic carbocycles. The fourth-order valence-electron chi connectivity index (χ4n) is 9.37. The van der Waals surface area contributed by atoms with Gasteiger partial charge in [0.25, 0.3) is 0 Å². The minimum absolute atomic E-state index is 0.0615. The third-order valence-electron chi connectivity index (χ3n) is 13.8. The summed E-state index contributed by atoms with van der Waals surface area (Å²) in [5.74, 6) is -7.43. The van der Waals surface area contributed by atoms with Crippen LogP contribution in [0, 0.1) is 23.7 Å². The Labute approximate surface area is 462 Å². The van der Waals surface area contributed by atoms with Crippen LogP contribution < -0.4 is 11.5 Å². The summed E-state index contributed by atoms with van der Waals surface area (Å²) in [5.41, 5.74) is 12.7. The molecule has 0 amide bonds. The van der Waals surface area contributed by atoms with Gasteiger partial charge in [0, 0.05) is 62.1 Å². The van der Waals surface area contributed by atoms with E-state index in [1.807, 2.05) is 19.9 Å². The summed E-state index contributed by atoms with van der Waals surface area (Å²) < 4.78 is 17.5. The van der Waals surface area contributed by atoms with Gasteiger partial charge in [-0.15, -0.1) is 0 Å². The number of esters is 1. The molecule has 438 valence electrons. The van der Waals surface area contributed by atoms with Crippen molar-refractivity contribution in [3.05, 3.63) is 115 Å². The molecule has 0 aromatic heterocycles. The maximum Gasteiger partial charge on any atom is 0.313 e. The van der Waals surface area contributed by atoms with Gasteiger partial charge >= 0.3 is 11.9 Å². The zero-order valence-corrected chi connectivity index (χ0v) is 45.5. The van der Waals surface area contributed by atoms with E-state index in [1.165, 1.54) is 19.1 Å². The van der Waals surface area contributed by atoms with Crippen LogP contribution in [0.4, 0.5) is 5.69 Å². The number of carbonyl (C=O) groups excluding carboxylic acids is 5. The van der Waals surface area contributed by atoms with Crippen LogP contribution in [-0.2, 0) is 38.2 Å². The summed E-state index contributed by atoms with van der Waals surface area (Å²) in [6.45, 7) is 7.02. The molecular formula is C59H84N2O18. The largest absolute Gasteiger partial charge is 0.481 e. The van der Waals surface area contributed by atoms with Crippen LogP contribution in [-0.4, -0.2) is 161 Å². The highest BCUT2D eigenvalue weighted by Crippen LogP contribution is 2.29. The summed E-state index contributed by atoms with van der Waals surface area (Å²) >= 11 is 0. The van der Waals surface area contributed by atoms with Crippen molar-refractivity contribution in [2.24, 2.45) is 29.4 Å². The van der Waals surface area contributed by atoms with E-state index in [9.17, 15) is 74.7 Å². The number of benzene rings is 1. The van der Waals surface area contributed by atoms with Crippen molar-refractivity contribution in [3.8, 4) is 0 Å². The molecule has 13 N–H and O–H groups in total. The average Bonchev–Trinajstić information content (AvgIpc) is 3.36. The van der Waals surface area contributed by atoms with Crippen LogP contribution in [0.25, 0.3) is 0 Å². The molecule has 0 radical (unpaired) electrons. The standard InChI is InChI=1S/C59H84N2O18/c1-35-18-15-13-11-9-7-5-6-8-10-12-14-16-21-47(78-59-56(74)54(61)55(73)38(4)77-59)33-51(71)53(58(75)76)50(70)31-46(67)30-45(66)29-44(65)28-43(64)27-41(62)19-17-20-42(63)32-52(72)79-57(35)37(3)26-36(2)48(68)34-49(69)39-22-24-40(60)25-23-39/h5-16,18,21-25,35-38,43-45,47-48,50-51,53-57,59,64-66,68,70-71,73-74H,17,19-20,26-34,60-61H2,1-4H3,(H,75,76)/t35?,36?,37?,38-,43?,44?,45?,47?,48?,50?,51?,53?,54+,55-,56+,57?,59?/m1/s1. The molecule has 0 bridgehead atoms. The first-order chi connectivity index (χ1) is 37.4. The van der Waals surface area contributed by atoms with Gasteiger partial charge in [-0.25, -0.2) is 0 Å². The number of carboxylic acid groups (broad SMARTS) is 1. The number of carboxylic acids is 1. The minimum Gasteiger partial charge on any atom is -0.481 e. The van der Waals surface area contributed by atoms with Gasteiger partial charge in [-0.3, -0.25) is 28.8 Å². The molecule has 20 heteroatoms. The molecule has 0 aliphatic carbocycles. The first-order valence-corrected chi connectivity index (χ1v) is 26.9. The monoisotopic (exact) mass is 1110 g/mol. The molecular weight excluding hydrogens is 1020 g/mol. The number of nitrogens with two attached hydrogens (primary N) is 2. The van der Waals surface area contributed by atoms with Crippen LogP contribution >= 0.6 is 0 Å². The number of aliphatic hydroxyl groups excluding tert-OH is 8. The van der Waals surface area contributed by atoms with E-state index < -0.39 is 153 Å². The molecule has 1 saturated heterocycles. The number of carbonyl (C=O) groups is 6. The van der Waals surface area contributed by atoms with Crippen LogP contribution in [0.3, 0.4) is 0 Å². The van der Waals surface area contributed by atoms with E-state index in [-0.39, 0.29) is 55.6 Å². The number of rotatable bonds is 10. The number of ether oxygens (including phenoxy) is 3. The van der Waals surface area contributed by atoms with E-state index in [0.717, 1.165) is 0 Å². The van der Waals surface area contributed by atoms with Gasteiger partial charge < -0.3 is 71.6 Å². The lowest BCUT2D eigenvalue weighted by Crippen LogP contribution is -2.61. The Hall–Kier alpha value is -5.62. The number of ketones is 4. The van der Waals surface area contributed by atoms with Crippen LogP contribution in [0.5, 0.6) is 0 Å². The topological polar surface area (TPSA) is 364 Å². The van der Waals surface area contributed by atoms with Crippen molar-refractivity contribution in [2.75, 3.05) is 5.73 Å². The van der Waals surface area contributed by atoms with Crippen LogP contribution in [0.15, 0.2) is 109 Å². The van der Waals surface area contributed by atoms with Crippen molar-refractivity contribution in [3.63, 3.8) is 0 Å². The Bertz CT molecular complexity index is 2310. The van der Waals surface area contributed by atoms with Crippen molar-refractivity contribution < 1.29 is 88.9 Å². The number of hydrogen-bond acceptors (Lipinski definition) is 19. The molecule has 13 unspecified atom stereocenters. The molecule has 1 fully saturated rings. The van der Waals surface area contributed by atoms with E-state index >= 15 is 0 Å². The number of anilines is 1. The number of aliphatic hydroxyl groups is 8. The lowest BCUT2D eigenvalue weighted by Gasteiger charge is -2.41. The summed E-state index contributed by atoms with van der Waals surface area (Å²) in [5, 5.41) is 96.0. The molecule has 2 aliphatic heterocycles. The van der Waals surface area contributed by atoms with Gasteiger partial charge in [0.1, 0.15) is 41.9 Å². The Morgan fingerprint density at radius 3 is 1.78 bits per heavy atom. The Balaban J connectivity index is 1.83. The van der Waals surface area contributed by atoms with Crippen LogP contribution in [0.2, 0.25) is 0 Å². The normalized spacial score (nSPS) is 31.9. The van der Waals surface area contributed by atoms with Gasteiger partial charge in [0.2, 0.25) is 0 Å². The summed E-state index contributed by atoms with van der Waals surface area (Å²) in [4.78, 5) is 77.3. The Morgan fingerprint density at radius 2 is 1.22 bits per heavy atom. The van der Waals surface area contributed by atoms with E-state index in [2.05, 4.69) is 0 Å². The highest BCUT2D eigenvalue weighted by atomic mass is 16.7. The summed E-state index contributed by atoms with van der Waals surface area (Å²) in [6.07, 6.45) is 4.21. The third kappa shape index (κ3) is 25.2. The van der Waals surface area contributed by atoms with E-state index in [4.69, 9.17) is 25.7 Å². The SMILES string of the molecule is CC1C=CC=CC=CC=CC=CC=CC=CC(OC2O[C@H](C)[C@@H](O)[C@H](N)[C@@H]2O)CC(O)C(C(=O)O)C(O)CC(=O)CC(O)CC(O)CC(O)CC(=O)CCCC(=O)CC(=O)OC1C(C)CC(C)C(O)CC(=O)c1ccc(N)cc1. The molecule has 20 nitrogen and oxygen atoms in total. The van der Waals surface area contributed by atoms with Crippen molar-refractivity contribution in [1.82, 2.24) is 0 Å². The fraction of sp³-hybridized carbons (Fsp3) is 0.559. The average molecular weight is 1110 g/mol. The smallest absolute Gasteiger partial charge is 0.313 e. The first kappa shape index (κ1) is 67.7. The number of Topliss-reactive ketones (excluding diaryl/α,β-unsaturated/α-hetero) is 4. The highest BCUT2D eigenvalue weighted by molar-refractivity contribution is 5.97. The second-order valence-corrected chi connectivity index (χ2v) is 20.9. The second kappa shape index (κ2) is 35.2. The molecule has 3 rings (SSSR count). The van der Waals surface area contributed by atoms with Gasteiger partial charge in [-0.1, -0.05) is 106 Å². The quantitative estimate of drug-likeness (QED) is 0.0690. The van der Waals surface area contributed by atoms with Crippen molar-refractivity contribution >= 4 is 40.8 Å². The van der Waals surface area contributed by atoms with Crippen molar-refractivity contribution in [2.45, 2.75) is 184 Å². The number of cyclic esters (lactones) is 1. The minimum atomic E-state index is -1.95. The Kier molecular flexibility index (Phi) is 30.1. The summed E-state index contributed by atoms with van der Waals surface area (Å²) in [6, 6.07) is 5.24. The lowest BCUT2D eigenvalue weighted by molar-refractivity contribution is -0.277. The Morgan fingerprint density at radius 1 is 0.684 bits per heavy atom. The zero-order chi connectivity index (χ0) is 58.8. The maximum absolute atomic E-state index is 13.3. The molecule has 0 spiro atoms. The number of nitrogen functional groups attached to an aromatic ring is 1. The van der Waals surface area contributed by atoms with Crippen LogP contribution in [0.1, 0.15) is 115 Å². The molecule has 2 heterocycles. The number of allylic oxidation sites excluding steroid dienone is 12. The van der Waals surface area contributed by atoms with Gasteiger partial charge in [-0.2, -0.15) is 0 Å². The predicted octanol–water partition coefficient (Wildman–Crippen LogP) is 3.61. The molecule has 2 aliphatic rings. The maximum atomic E-state index is 13.3.